The van der Waals surface area contributed by atoms with E-state index in [0.29, 0.717) is 24.8 Å². The molecular weight excluding hydrogens is 428 g/mol. The molecule has 0 aliphatic carbocycles. The first-order valence-electron chi connectivity index (χ1n) is 12.3. The monoisotopic (exact) mass is 464 g/mol. The minimum Gasteiger partial charge on any atom is -0.493 e. The quantitative estimate of drug-likeness (QED) is 0.317. The van der Waals surface area contributed by atoms with E-state index in [9.17, 15) is 5.11 Å². The number of aromatic nitrogens is 1. The highest BCUT2D eigenvalue weighted by molar-refractivity contribution is 6.13. The van der Waals surface area contributed by atoms with Gasteiger partial charge in [0.25, 0.3) is 0 Å². The van der Waals surface area contributed by atoms with Gasteiger partial charge in [-0.15, -0.1) is 0 Å². The van der Waals surface area contributed by atoms with E-state index in [-0.39, 0.29) is 5.92 Å². The van der Waals surface area contributed by atoms with Gasteiger partial charge in [0.1, 0.15) is 11.5 Å². The normalized spacial score (nSPS) is 15.6. The van der Waals surface area contributed by atoms with Gasteiger partial charge in [0.05, 0.1) is 18.8 Å². The zero-order chi connectivity index (χ0) is 24.1. The third-order valence-corrected chi connectivity index (χ3v) is 6.06. The van der Waals surface area contributed by atoms with Crippen molar-refractivity contribution in [3.63, 3.8) is 0 Å². The van der Waals surface area contributed by atoms with Gasteiger partial charge in [-0.1, -0.05) is 40.5 Å². The molecule has 0 spiro atoms. The molecule has 0 amide bonds. The van der Waals surface area contributed by atoms with Crippen LogP contribution in [0.2, 0.25) is 0 Å². The van der Waals surface area contributed by atoms with Gasteiger partial charge in [-0.2, -0.15) is 5.10 Å². The first kappa shape index (κ1) is 24.0. The Kier molecular flexibility index (Phi) is 7.63. The number of nitrogens with zero attached hydrogens (tertiary/aromatic N) is 2. The molecule has 2 aromatic carbocycles. The molecule has 3 aromatic rings. The molecule has 4 rings (SSSR count). The Morgan fingerprint density at radius 2 is 1.74 bits per heavy atom. The zero-order valence-corrected chi connectivity index (χ0v) is 20.6. The Bertz CT molecular complexity index is 1140. The first-order valence-corrected chi connectivity index (χ1v) is 12.3. The van der Waals surface area contributed by atoms with E-state index in [2.05, 4.69) is 49.3 Å². The topological polar surface area (TPSA) is 82.1 Å². The van der Waals surface area contributed by atoms with Gasteiger partial charge in [-0.05, 0) is 54.7 Å². The number of hydrogen-bond acceptors (Lipinski definition) is 6. The van der Waals surface area contributed by atoms with Gasteiger partial charge >= 0.3 is 0 Å². The van der Waals surface area contributed by atoms with Crippen LogP contribution in [-0.2, 0) is 0 Å². The third-order valence-electron chi connectivity index (χ3n) is 6.06. The van der Waals surface area contributed by atoms with Crippen molar-refractivity contribution in [2.24, 2.45) is 5.10 Å². The predicted molar refractivity (Wildman–Crippen MR) is 138 cm³/mol. The second-order valence-corrected chi connectivity index (χ2v) is 9.00. The lowest BCUT2D eigenvalue weighted by Gasteiger charge is -2.26. The molecule has 3 N–H and O–H groups in total. The number of aromatic amines is 1. The fraction of sp³-hybridized carbons (Fsp3) is 0.444. The molecular formula is C27H36N4O3. The summed E-state index contributed by atoms with van der Waals surface area (Å²) < 4.78 is 12.4. The Balaban J connectivity index is 1.76. The highest BCUT2D eigenvalue weighted by Gasteiger charge is 2.31. The van der Waals surface area contributed by atoms with Crippen LogP contribution >= 0.6 is 0 Å². The Morgan fingerprint density at radius 3 is 2.44 bits per heavy atom. The largest absolute Gasteiger partial charge is 0.493 e. The van der Waals surface area contributed by atoms with Crippen molar-refractivity contribution in [3.05, 3.63) is 53.7 Å². The lowest BCUT2D eigenvalue weighted by Crippen LogP contribution is -2.40. The average molecular weight is 465 g/mol. The van der Waals surface area contributed by atoms with Gasteiger partial charge in [0.15, 0.2) is 5.84 Å². The number of hydrogen-bond donors (Lipinski definition) is 3. The van der Waals surface area contributed by atoms with Crippen LogP contribution in [0.5, 0.6) is 11.5 Å². The summed E-state index contributed by atoms with van der Waals surface area (Å²) in [6, 6.07) is 12.2. The number of nitrogens with one attached hydrogen (secondary N) is 2. The summed E-state index contributed by atoms with van der Waals surface area (Å²) in [6.07, 6.45) is 5.02. The van der Waals surface area contributed by atoms with E-state index in [1.165, 1.54) is 0 Å². The predicted octanol–water partition coefficient (Wildman–Crippen LogP) is 5.70. The minimum atomic E-state index is -0.974. The van der Waals surface area contributed by atoms with Crippen LogP contribution in [0.25, 0.3) is 10.9 Å². The van der Waals surface area contributed by atoms with Crippen molar-refractivity contribution in [3.8, 4) is 11.5 Å². The molecule has 0 saturated heterocycles. The number of aliphatic hydroxyl groups excluding tert-OH is 1. The van der Waals surface area contributed by atoms with E-state index in [1.54, 1.807) is 4.90 Å². The number of H-pyrrole nitrogens is 1. The Labute approximate surface area is 201 Å². The summed E-state index contributed by atoms with van der Waals surface area (Å²) in [5.74, 6) is 2.44. The van der Waals surface area contributed by atoms with Crippen LogP contribution in [0, 0.1) is 0 Å². The molecule has 7 heteroatoms. The number of fused-ring (bicyclic) bond motifs is 1. The highest BCUT2D eigenvalue weighted by atomic mass is 16.5. The first-order chi connectivity index (χ1) is 16.5. The van der Waals surface area contributed by atoms with Gasteiger partial charge in [0, 0.05) is 28.9 Å². The Hall–Kier alpha value is -3.19. The van der Waals surface area contributed by atoms with E-state index in [0.717, 1.165) is 59.2 Å². The number of rotatable bonds is 11. The van der Waals surface area contributed by atoms with E-state index in [4.69, 9.17) is 9.47 Å². The van der Waals surface area contributed by atoms with Crippen LogP contribution in [0.15, 0.2) is 47.7 Å². The number of unbranched alkanes of at least 4 members (excludes halogenated alkanes) is 2. The van der Waals surface area contributed by atoms with Crippen molar-refractivity contribution in [2.45, 2.75) is 65.6 Å². The van der Waals surface area contributed by atoms with Gasteiger partial charge in [-0.25, -0.2) is 0 Å². The molecule has 1 aromatic heterocycles. The van der Waals surface area contributed by atoms with Crippen LogP contribution in [-0.4, -0.2) is 35.5 Å². The number of anilines is 1. The van der Waals surface area contributed by atoms with Crippen LogP contribution in [0.1, 0.15) is 70.4 Å². The smallest absolute Gasteiger partial charge is 0.225 e. The summed E-state index contributed by atoms with van der Waals surface area (Å²) in [7, 11) is 0. The van der Waals surface area contributed by atoms with Crippen LogP contribution < -0.4 is 19.8 Å². The van der Waals surface area contributed by atoms with Crippen LogP contribution in [0.4, 0.5) is 5.69 Å². The summed E-state index contributed by atoms with van der Waals surface area (Å²) in [5.41, 5.74) is 6.65. The fourth-order valence-electron chi connectivity index (χ4n) is 4.09. The number of ether oxygens (including phenoxy) is 2. The maximum atomic E-state index is 10.8. The second kappa shape index (κ2) is 10.8. The third kappa shape index (κ3) is 4.99. The highest BCUT2D eigenvalue weighted by Crippen LogP contribution is 2.37. The van der Waals surface area contributed by atoms with Gasteiger partial charge in [0.2, 0.25) is 6.35 Å². The Morgan fingerprint density at radius 1 is 1.00 bits per heavy atom. The van der Waals surface area contributed by atoms with Crippen molar-refractivity contribution in [2.75, 3.05) is 18.1 Å². The molecule has 0 saturated carbocycles. The van der Waals surface area contributed by atoms with Crippen molar-refractivity contribution in [1.29, 1.82) is 0 Å². The molecule has 34 heavy (non-hydrogen) atoms. The van der Waals surface area contributed by atoms with E-state index in [1.807, 2.05) is 36.5 Å². The maximum absolute atomic E-state index is 10.8. The van der Waals surface area contributed by atoms with Crippen molar-refractivity contribution in [1.82, 2.24) is 10.4 Å². The molecule has 1 atom stereocenters. The molecule has 7 nitrogen and oxygen atoms in total. The molecule has 182 valence electrons. The molecule has 1 aliphatic heterocycles. The zero-order valence-electron chi connectivity index (χ0n) is 20.6. The SMILES string of the molecule is CCCCOc1cc(OCCCC)c(C(C)C)cc1C1=NNC(O)N1c1ccc2[nH]ccc2c1. The summed E-state index contributed by atoms with van der Waals surface area (Å²) in [5, 5.41) is 16.4. The van der Waals surface area contributed by atoms with Crippen molar-refractivity contribution < 1.29 is 14.6 Å². The van der Waals surface area contributed by atoms with Crippen LogP contribution in [0.3, 0.4) is 0 Å². The molecule has 1 aliphatic rings. The van der Waals surface area contributed by atoms with E-state index >= 15 is 0 Å². The molecule has 0 fully saturated rings. The number of benzene rings is 2. The lowest BCUT2D eigenvalue weighted by atomic mass is 9.97. The number of hydrazone groups is 1. The standard InChI is InChI=1S/C27H36N4O3/c1-5-7-13-33-24-17-25(34-14-8-6-2)22(16-21(24)18(3)4)26-29-30-27(32)31(26)20-9-10-23-19(15-20)11-12-28-23/h9-12,15-18,27-28,30,32H,5-8,13-14H2,1-4H3. The number of aliphatic hydroxyl groups is 1. The fourth-order valence-corrected chi connectivity index (χ4v) is 4.09. The molecule has 0 bridgehead atoms. The molecule has 2 heterocycles. The lowest BCUT2D eigenvalue weighted by molar-refractivity contribution is 0.159. The average Bonchev–Trinajstić information content (AvgIpc) is 3.45. The van der Waals surface area contributed by atoms with Gasteiger partial charge in [-0.3, -0.25) is 10.3 Å². The second-order valence-electron chi connectivity index (χ2n) is 9.00. The summed E-state index contributed by atoms with van der Waals surface area (Å²) in [4.78, 5) is 5.02. The molecule has 1 unspecified atom stereocenters. The van der Waals surface area contributed by atoms with E-state index < -0.39 is 6.35 Å². The van der Waals surface area contributed by atoms with Gasteiger partial charge < -0.3 is 19.6 Å². The number of amidine groups is 1. The van der Waals surface area contributed by atoms with Crippen molar-refractivity contribution >= 4 is 22.4 Å². The minimum absolute atomic E-state index is 0.254. The molecule has 0 radical (unpaired) electrons. The maximum Gasteiger partial charge on any atom is 0.225 e. The summed E-state index contributed by atoms with van der Waals surface area (Å²) >= 11 is 0. The summed E-state index contributed by atoms with van der Waals surface area (Å²) in [6.45, 7) is 9.90.